The van der Waals surface area contributed by atoms with Crippen molar-refractivity contribution in [1.29, 1.82) is 0 Å². The molecule has 0 bridgehead atoms. The van der Waals surface area contributed by atoms with Gasteiger partial charge < -0.3 is 5.32 Å². The lowest BCUT2D eigenvalue weighted by Gasteiger charge is -2.16. The largest absolute Gasteiger partial charge is 0.313 e. The van der Waals surface area contributed by atoms with Gasteiger partial charge in [-0.2, -0.15) is 5.10 Å². The Balaban J connectivity index is 2.02. The van der Waals surface area contributed by atoms with Gasteiger partial charge in [0.15, 0.2) is 0 Å². The van der Waals surface area contributed by atoms with Gasteiger partial charge >= 0.3 is 0 Å². The molecule has 0 aliphatic carbocycles. The summed E-state index contributed by atoms with van der Waals surface area (Å²) in [6, 6.07) is 13.2. The van der Waals surface area contributed by atoms with E-state index in [2.05, 4.69) is 46.8 Å². The lowest BCUT2D eigenvalue weighted by Crippen LogP contribution is -2.17. The van der Waals surface area contributed by atoms with Crippen LogP contribution in [0.5, 0.6) is 0 Å². The summed E-state index contributed by atoms with van der Waals surface area (Å²) in [5.41, 5.74) is 3.73. The molecule has 2 aromatic rings. The van der Waals surface area contributed by atoms with Crippen LogP contribution in [-0.2, 0) is 13.5 Å². The van der Waals surface area contributed by atoms with E-state index in [4.69, 9.17) is 0 Å². The maximum atomic E-state index is 4.38. The van der Waals surface area contributed by atoms with Gasteiger partial charge in [0.05, 0.1) is 5.69 Å². The van der Waals surface area contributed by atoms with Crippen molar-refractivity contribution in [3.63, 3.8) is 0 Å². The molecule has 3 heteroatoms. The molecule has 0 aliphatic rings. The highest BCUT2D eigenvalue weighted by Gasteiger charge is 2.10. The number of aryl methyl sites for hydroxylation is 3. The second kappa shape index (κ2) is 5.83. The molecular weight excluding hydrogens is 222 g/mol. The van der Waals surface area contributed by atoms with E-state index in [1.54, 1.807) is 0 Å². The van der Waals surface area contributed by atoms with Crippen molar-refractivity contribution in [1.82, 2.24) is 15.1 Å². The highest BCUT2D eigenvalue weighted by Crippen LogP contribution is 2.18. The summed E-state index contributed by atoms with van der Waals surface area (Å²) in [6.45, 7) is 2.04. The molecule has 0 spiro atoms. The second-order valence-electron chi connectivity index (χ2n) is 4.69. The summed E-state index contributed by atoms with van der Waals surface area (Å²) in [5, 5.41) is 7.77. The fourth-order valence-electron chi connectivity index (χ4n) is 2.35. The molecule has 1 aromatic carbocycles. The summed E-state index contributed by atoms with van der Waals surface area (Å²) < 4.78 is 1.98. The van der Waals surface area contributed by atoms with Crippen molar-refractivity contribution < 1.29 is 0 Å². The first-order valence-corrected chi connectivity index (χ1v) is 6.42. The number of rotatable bonds is 5. The van der Waals surface area contributed by atoms with E-state index in [0.717, 1.165) is 18.5 Å². The Morgan fingerprint density at radius 3 is 2.56 bits per heavy atom. The van der Waals surface area contributed by atoms with Crippen LogP contribution in [0.2, 0.25) is 0 Å². The number of nitrogens with zero attached hydrogens (tertiary/aromatic N) is 2. The second-order valence-corrected chi connectivity index (χ2v) is 4.69. The van der Waals surface area contributed by atoms with Crippen LogP contribution < -0.4 is 5.32 Å². The Morgan fingerprint density at radius 1 is 1.28 bits per heavy atom. The standard InChI is InChI=1S/C15H21N3/c1-12-11-14(18(3)17-12)9-10-15(16-2)13-7-5-4-6-8-13/h4-8,11,15-16H,9-10H2,1-3H3. The maximum Gasteiger partial charge on any atom is 0.0596 e. The fourth-order valence-corrected chi connectivity index (χ4v) is 2.35. The first-order valence-electron chi connectivity index (χ1n) is 6.42. The van der Waals surface area contributed by atoms with E-state index >= 15 is 0 Å². The quantitative estimate of drug-likeness (QED) is 0.875. The third kappa shape index (κ3) is 2.99. The molecule has 96 valence electrons. The van der Waals surface area contributed by atoms with Crippen molar-refractivity contribution in [2.24, 2.45) is 7.05 Å². The van der Waals surface area contributed by atoms with Crippen LogP contribution in [0.25, 0.3) is 0 Å². The first-order chi connectivity index (χ1) is 8.70. The Morgan fingerprint density at radius 2 is 2.00 bits per heavy atom. The van der Waals surface area contributed by atoms with E-state index in [1.165, 1.54) is 11.3 Å². The minimum absolute atomic E-state index is 0.404. The minimum atomic E-state index is 0.404. The molecule has 0 saturated carbocycles. The molecule has 0 aliphatic heterocycles. The number of hydrogen-bond donors (Lipinski definition) is 1. The average Bonchev–Trinajstić information content (AvgIpc) is 2.70. The normalized spacial score (nSPS) is 12.6. The molecule has 0 radical (unpaired) electrons. The SMILES string of the molecule is CNC(CCc1cc(C)nn1C)c1ccccc1. The predicted octanol–water partition coefficient (Wildman–Crippen LogP) is 2.62. The van der Waals surface area contributed by atoms with Crippen molar-refractivity contribution in [2.75, 3.05) is 7.05 Å². The van der Waals surface area contributed by atoms with E-state index < -0.39 is 0 Å². The number of hydrogen-bond acceptors (Lipinski definition) is 2. The van der Waals surface area contributed by atoms with Gasteiger partial charge in [0.2, 0.25) is 0 Å². The molecule has 2 rings (SSSR count). The van der Waals surface area contributed by atoms with Gasteiger partial charge in [0.1, 0.15) is 0 Å². The monoisotopic (exact) mass is 243 g/mol. The van der Waals surface area contributed by atoms with Gasteiger partial charge in [-0.15, -0.1) is 0 Å². The Kier molecular flexibility index (Phi) is 4.15. The third-order valence-corrected chi connectivity index (χ3v) is 3.34. The van der Waals surface area contributed by atoms with E-state index in [1.807, 2.05) is 25.7 Å². The molecule has 18 heavy (non-hydrogen) atoms. The van der Waals surface area contributed by atoms with Crippen molar-refractivity contribution in [3.05, 3.63) is 53.3 Å². The van der Waals surface area contributed by atoms with Gasteiger partial charge in [-0.3, -0.25) is 4.68 Å². The summed E-state index contributed by atoms with van der Waals surface area (Å²) in [6.07, 6.45) is 2.12. The fraction of sp³-hybridized carbons (Fsp3) is 0.400. The van der Waals surface area contributed by atoms with Crippen molar-refractivity contribution in [3.8, 4) is 0 Å². The number of aromatic nitrogens is 2. The number of nitrogens with one attached hydrogen (secondary N) is 1. The highest BCUT2D eigenvalue weighted by atomic mass is 15.3. The minimum Gasteiger partial charge on any atom is -0.313 e. The number of benzene rings is 1. The molecule has 1 atom stereocenters. The topological polar surface area (TPSA) is 29.9 Å². The van der Waals surface area contributed by atoms with Gasteiger partial charge in [0, 0.05) is 18.8 Å². The van der Waals surface area contributed by atoms with E-state index in [9.17, 15) is 0 Å². The zero-order chi connectivity index (χ0) is 13.0. The Labute approximate surface area is 109 Å². The van der Waals surface area contributed by atoms with Crippen LogP contribution in [0.15, 0.2) is 36.4 Å². The summed E-state index contributed by atoms with van der Waals surface area (Å²) in [5.74, 6) is 0. The molecule has 1 unspecified atom stereocenters. The van der Waals surface area contributed by atoms with Gasteiger partial charge in [-0.25, -0.2) is 0 Å². The molecular formula is C15H21N3. The van der Waals surface area contributed by atoms with Crippen molar-refractivity contribution in [2.45, 2.75) is 25.8 Å². The zero-order valence-corrected chi connectivity index (χ0v) is 11.4. The summed E-state index contributed by atoms with van der Waals surface area (Å²) >= 11 is 0. The van der Waals surface area contributed by atoms with Crippen LogP contribution in [0, 0.1) is 6.92 Å². The van der Waals surface area contributed by atoms with Gasteiger partial charge in [-0.1, -0.05) is 30.3 Å². The molecule has 0 fully saturated rings. The average molecular weight is 243 g/mol. The molecule has 1 N–H and O–H groups in total. The third-order valence-electron chi connectivity index (χ3n) is 3.34. The first kappa shape index (κ1) is 12.8. The molecule has 0 amide bonds. The van der Waals surface area contributed by atoms with Crippen LogP contribution >= 0.6 is 0 Å². The maximum absolute atomic E-state index is 4.38. The lowest BCUT2D eigenvalue weighted by molar-refractivity contribution is 0.535. The van der Waals surface area contributed by atoms with Gasteiger partial charge in [-0.05, 0) is 38.4 Å². The van der Waals surface area contributed by atoms with Crippen LogP contribution in [0.3, 0.4) is 0 Å². The van der Waals surface area contributed by atoms with Gasteiger partial charge in [0.25, 0.3) is 0 Å². The molecule has 3 nitrogen and oxygen atoms in total. The van der Waals surface area contributed by atoms with E-state index in [-0.39, 0.29) is 0 Å². The Hall–Kier alpha value is -1.61. The molecule has 1 aromatic heterocycles. The smallest absolute Gasteiger partial charge is 0.0596 e. The van der Waals surface area contributed by atoms with Crippen molar-refractivity contribution >= 4 is 0 Å². The zero-order valence-electron chi connectivity index (χ0n) is 11.4. The van der Waals surface area contributed by atoms with Crippen LogP contribution in [0.4, 0.5) is 0 Å². The Bertz CT molecular complexity index is 488. The summed E-state index contributed by atoms with van der Waals surface area (Å²) in [4.78, 5) is 0. The molecule has 0 saturated heterocycles. The summed E-state index contributed by atoms with van der Waals surface area (Å²) in [7, 11) is 4.03. The van der Waals surface area contributed by atoms with E-state index in [0.29, 0.717) is 6.04 Å². The highest BCUT2D eigenvalue weighted by molar-refractivity contribution is 5.19. The van der Waals surface area contributed by atoms with Crippen LogP contribution in [-0.4, -0.2) is 16.8 Å². The predicted molar refractivity (Wildman–Crippen MR) is 74.5 cm³/mol. The van der Waals surface area contributed by atoms with Crippen LogP contribution in [0.1, 0.15) is 29.4 Å². The lowest BCUT2D eigenvalue weighted by atomic mass is 10.0. The molecule has 1 heterocycles.